The van der Waals surface area contributed by atoms with E-state index in [0.717, 1.165) is 49.8 Å². The van der Waals surface area contributed by atoms with E-state index in [-0.39, 0.29) is 0 Å². The molecule has 0 radical (unpaired) electrons. The fourth-order valence-electron chi connectivity index (χ4n) is 2.58. The number of thiazole rings is 1. The Morgan fingerprint density at radius 2 is 1.92 bits per heavy atom. The summed E-state index contributed by atoms with van der Waals surface area (Å²) in [5, 5.41) is 7.84. The maximum Gasteiger partial charge on any atom is 0.191 e. The molecule has 2 heterocycles. The molecule has 6 nitrogen and oxygen atoms in total. The van der Waals surface area contributed by atoms with Crippen LogP contribution in [-0.2, 0) is 19.4 Å². The lowest BCUT2D eigenvalue weighted by atomic mass is 10.2. The largest absolute Gasteiger partial charge is 0.357 e. The van der Waals surface area contributed by atoms with Gasteiger partial charge in [0.1, 0.15) is 5.82 Å². The molecule has 2 aromatic rings. The number of hydrogen-bond acceptors (Lipinski definition) is 5. The second kappa shape index (κ2) is 10.8. The van der Waals surface area contributed by atoms with E-state index in [1.54, 1.807) is 18.4 Å². The minimum Gasteiger partial charge on any atom is -0.357 e. The molecule has 2 aromatic heterocycles. The third-order valence-electron chi connectivity index (χ3n) is 4.16. The van der Waals surface area contributed by atoms with Crippen molar-refractivity contribution < 1.29 is 0 Å². The molecular formula is C19H30N6S. The van der Waals surface area contributed by atoms with Crippen LogP contribution in [0.4, 0.5) is 5.82 Å². The van der Waals surface area contributed by atoms with Gasteiger partial charge in [-0.1, -0.05) is 13.0 Å². The van der Waals surface area contributed by atoms with E-state index in [1.807, 2.05) is 12.4 Å². The summed E-state index contributed by atoms with van der Waals surface area (Å²) in [6, 6.07) is 4.19. The lowest BCUT2D eigenvalue weighted by Crippen LogP contribution is -2.37. The molecule has 7 heteroatoms. The molecule has 0 fully saturated rings. The summed E-state index contributed by atoms with van der Waals surface area (Å²) in [5.41, 5.74) is 1.14. The van der Waals surface area contributed by atoms with Gasteiger partial charge in [0.25, 0.3) is 0 Å². The molecule has 0 atom stereocenters. The Hall–Kier alpha value is -2.15. The highest BCUT2D eigenvalue weighted by Gasteiger charge is 2.05. The lowest BCUT2D eigenvalue weighted by Gasteiger charge is -2.19. The van der Waals surface area contributed by atoms with Gasteiger partial charge in [0.05, 0.1) is 5.01 Å². The van der Waals surface area contributed by atoms with E-state index in [4.69, 9.17) is 0 Å². The summed E-state index contributed by atoms with van der Waals surface area (Å²) in [5.74, 6) is 1.82. The maximum absolute atomic E-state index is 4.56. The number of guanidine groups is 1. The molecule has 2 rings (SSSR count). The highest BCUT2D eigenvalue weighted by atomic mass is 32.1. The van der Waals surface area contributed by atoms with Crippen LogP contribution < -0.4 is 15.5 Å². The number of aromatic nitrogens is 2. The van der Waals surface area contributed by atoms with Crippen LogP contribution in [0.25, 0.3) is 0 Å². The molecule has 0 bridgehead atoms. The first-order valence-corrected chi connectivity index (χ1v) is 10.1. The summed E-state index contributed by atoms with van der Waals surface area (Å²) in [6.07, 6.45) is 5.86. The maximum atomic E-state index is 4.56. The molecule has 2 N–H and O–H groups in total. The normalized spacial score (nSPS) is 11.5. The van der Waals surface area contributed by atoms with Gasteiger partial charge >= 0.3 is 0 Å². The average molecular weight is 375 g/mol. The lowest BCUT2D eigenvalue weighted by molar-refractivity contribution is 0.788. The summed E-state index contributed by atoms with van der Waals surface area (Å²) < 4.78 is 0. The minimum atomic E-state index is 0.697. The quantitative estimate of drug-likeness (QED) is 0.522. The van der Waals surface area contributed by atoms with Gasteiger partial charge in [-0.25, -0.2) is 9.97 Å². The standard InChI is InChI=1S/C19H30N6S/c1-5-16-14-23-18(26-16)10-11-21-19(20-4)24-13-15-8-9-17(22-12-15)25(6-2)7-3/h8-9,12,14H,5-7,10-11,13H2,1-4H3,(H2,20,21,24). The second-order valence-corrected chi connectivity index (χ2v) is 7.07. The zero-order chi connectivity index (χ0) is 18.8. The Labute approximate surface area is 160 Å². The molecule has 0 aliphatic heterocycles. The predicted molar refractivity (Wildman–Crippen MR) is 111 cm³/mol. The van der Waals surface area contributed by atoms with E-state index in [1.165, 1.54) is 9.88 Å². The topological polar surface area (TPSA) is 65.4 Å². The molecule has 0 spiro atoms. The van der Waals surface area contributed by atoms with Crippen molar-refractivity contribution in [2.45, 2.75) is 40.2 Å². The number of rotatable bonds is 9. The Morgan fingerprint density at radius 1 is 1.12 bits per heavy atom. The van der Waals surface area contributed by atoms with Crippen molar-refractivity contribution >= 4 is 23.1 Å². The van der Waals surface area contributed by atoms with Crippen molar-refractivity contribution in [3.8, 4) is 0 Å². The number of nitrogens with zero attached hydrogens (tertiary/aromatic N) is 4. The van der Waals surface area contributed by atoms with Crippen molar-refractivity contribution in [2.75, 3.05) is 31.6 Å². The number of aryl methyl sites for hydroxylation is 1. The fraction of sp³-hybridized carbons (Fsp3) is 0.526. The minimum absolute atomic E-state index is 0.697. The van der Waals surface area contributed by atoms with Crippen molar-refractivity contribution in [1.29, 1.82) is 0 Å². The van der Waals surface area contributed by atoms with Gasteiger partial charge in [-0.05, 0) is 31.9 Å². The third kappa shape index (κ3) is 5.98. The van der Waals surface area contributed by atoms with Crippen LogP contribution in [-0.4, -0.2) is 42.6 Å². The fourth-order valence-corrected chi connectivity index (χ4v) is 3.44. The van der Waals surface area contributed by atoms with Gasteiger partial charge in [0.2, 0.25) is 0 Å². The highest BCUT2D eigenvalue weighted by Crippen LogP contribution is 2.13. The van der Waals surface area contributed by atoms with Gasteiger partial charge in [0, 0.05) is 56.9 Å². The first kappa shape index (κ1) is 20.2. The van der Waals surface area contributed by atoms with Crippen molar-refractivity contribution in [1.82, 2.24) is 20.6 Å². The van der Waals surface area contributed by atoms with Gasteiger partial charge in [0.15, 0.2) is 5.96 Å². The summed E-state index contributed by atoms with van der Waals surface area (Å²) >= 11 is 1.79. The van der Waals surface area contributed by atoms with Crippen LogP contribution in [0.5, 0.6) is 0 Å². The first-order chi connectivity index (χ1) is 12.7. The number of nitrogens with one attached hydrogen (secondary N) is 2. The van der Waals surface area contributed by atoms with Gasteiger partial charge in [-0.15, -0.1) is 11.3 Å². The monoisotopic (exact) mass is 374 g/mol. The first-order valence-electron chi connectivity index (χ1n) is 9.28. The van der Waals surface area contributed by atoms with E-state index in [9.17, 15) is 0 Å². The van der Waals surface area contributed by atoms with Crippen LogP contribution in [0.15, 0.2) is 29.5 Å². The Bertz CT molecular complexity index is 676. The van der Waals surface area contributed by atoms with Crippen LogP contribution in [0.2, 0.25) is 0 Å². The van der Waals surface area contributed by atoms with Crippen molar-refractivity contribution in [2.24, 2.45) is 4.99 Å². The Kier molecular flexibility index (Phi) is 8.34. The number of anilines is 1. The van der Waals surface area contributed by atoms with Crippen molar-refractivity contribution in [3.63, 3.8) is 0 Å². The zero-order valence-corrected chi connectivity index (χ0v) is 17.1. The summed E-state index contributed by atoms with van der Waals surface area (Å²) in [6.45, 7) is 9.89. The van der Waals surface area contributed by atoms with E-state index < -0.39 is 0 Å². The molecule has 0 aromatic carbocycles. The third-order valence-corrected chi connectivity index (χ3v) is 5.36. The SMILES string of the molecule is CCc1cnc(CCNC(=NC)NCc2ccc(N(CC)CC)nc2)s1. The van der Waals surface area contributed by atoms with E-state index in [2.05, 4.69) is 63.4 Å². The van der Waals surface area contributed by atoms with Crippen LogP contribution >= 0.6 is 11.3 Å². The number of aliphatic imine (C=N–C) groups is 1. The van der Waals surface area contributed by atoms with Crippen LogP contribution in [0.1, 0.15) is 36.2 Å². The molecule has 142 valence electrons. The molecule has 0 aliphatic rings. The van der Waals surface area contributed by atoms with E-state index >= 15 is 0 Å². The van der Waals surface area contributed by atoms with Crippen molar-refractivity contribution in [3.05, 3.63) is 40.0 Å². The second-order valence-electron chi connectivity index (χ2n) is 5.87. The highest BCUT2D eigenvalue weighted by molar-refractivity contribution is 7.11. The molecule has 0 unspecified atom stereocenters. The predicted octanol–water partition coefficient (Wildman–Crippen LogP) is 2.85. The Morgan fingerprint density at radius 3 is 2.50 bits per heavy atom. The van der Waals surface area contributed by atoms with Gasteiger partial charge < -0.3 is 15.5 Å². The van der Waals surface area contributed by atoms with E-state index in [0.29, 0.717) is 6.54 Å². The zero-order valence-electron chi connectivity index (χ0n) is 16.2. The molecule has 0 saturated heterocycles. The summed E-state index contributed by atoms with van der Waals surface area (Å²) in [4.78, 5) is 16.9. The van der Waals surface area contributed by atoms with Gasteiger partial charge in [-0.3, -0.25) is 4.99 Å². The molecule has 0 saturated carbocycles. The van der Waals surface area contributed by atoms with Crippen LogP contribution in [0.3, 0.4) is 0 Å². The molecule has 0 amide bonds. The molecule has 0 aliphatic carbocycles. The number of pyridine rings is 1. The Balaban J connectivity index is 1.77. The van der Waals surface area contributed by atoms with Crippen LogP contribution in [0, 0.1) is 0 Å². The smallest absolute Gasteiger partial charge is 0.191 e. The molecular weight excluding hydrogens is 344 g/mol. The average Bonchev–Trinajstić information content (AvgIpc) is 3.14. The number of hydrogen-bond donors (Lipinski definition) is 2. The molecule has 26 heavy (non-hydrogen) atoms. The van der Waals surface area contributed by atoms with Gasteiger partial charge in [-0.2, -0.15) is 0 Å². The summed E-state index contributed by atoms with van der Waals surface area (Å²) in [7, 11) is 1.79.